The third-order valence-electron chi connectivity index (χ3n) is 6.18. The van der Waals surface area contributed by atoms with Gasteiger partial charge in [-0.2, -0.15) is 4.31 Å². The number of imidazole rings is 1. The number of hydrogen-bond donors (Lipinski definition) is 1. The molecule has 2 aliphatic rings. The molecule has 1 N–H and O–H groups in total. The van der Waals surface area contributed by atoms with E-state index in [9.17, 15) is 18.0 Å². The summed E-state index contributed by atoms with van der Waals surface area (Å²) in [4.78, 5) is 31.0. The Balaban J connectivity index is 1.43. The number of amides is 2. The monoisotopic (exact) mass is 493 g/mol. The maximum absolute atomic E-state index is 13.0. The Labute approximate surface area is 198 Å². The van der Waals surface area contributed by atoms with Crippen LogP contribution in [0.4, 0.5) is 0 Å². The molecule has 2 fully saturated rings. The standard InChI is InChI=1S/C22H31N5O4S2/c1-2-27-19-9-8-17(33(30,31)26-12-4-3-5-13-26)14-18(19)24-22(27)32-16-20(28)23-15-21(29)25-10-6-7-11-25/h8-9,14H,2-7,10-13,15-16H2,1H3,(H,23,28). The SMILES string of the molecule is CCn1c(SCC(=O)NCC(=O)N2CCCC2)nc2cc(S(=O)(=O)N3CCCCC3)ccc21. The average molecular weight is 494 g/mol. The molecule has 0 bridgehead atoms. The molecule has 11 heteroatoms. The van der Waals surface area contributed by atoms with E-state index in [2.05, 4.69) is 10.3 Å². The van der Waals surface area contributed by atoms with Crippen LogP contribution >= 0.6 is 11.8 Å². The molecule has 0 saturated carbocycles. The van der Waals surface area contributed by atoms with Gasteiger partial charge in [-0.3, -0.25) is 9.59 Å². The number of hydrogen-bond acceptors (Lipinski definition) is 6. The van der Waals surface area contributed by atoms with E-state index >= 15 is 0 Å². The Morgan fingerprint density at radius 3 is 2.45 bits per heavy atom. The Morgan fingerprint density at radius 2 is 1.76 bits per heavy atom. The summed E-state index contributed by atoms with van der Waals surface area (Å²) in [6.07, 6.45) is 4.87. The van der Waals surface area contributed by atoms with E-state index in [4.69, 9.17) is 0 Å². The second kappa shape index (κ2) is 10.4. The van der Waals surface area contributed by atoms with Crippen molar-refractivity contribution in [1.82, 2.24) is 24.1 Å². The van der Waals surface area contributed by atoms with E-state index in [1.165, 1.54) is 11.8 Å². The molecule has 9 nitrogen and oxygen atoms in total. The molecule has 2 aromatic rings. The number of piperidine rings is 1. The lowest BCUT2D eigenvalue weighted by Crippen LogP contribution is -2.39. The maximum Gasteiger partial charge on any atom is 0.243 e. The number of fused-ring (bicyclic) bond motifs is 1. The van der Waals surface area contributed by atoms with Gasteiger partial charge in [0.05, 0.1) is 28.2 Å². The average Bonchev–Trinajstić information content (AvgIpc) is 3.49. The molecule has 1 aromatic carbocycles. The minimum Gasteiger partial charge on any atom is -0.346 e. The molecule has 4 rings (SSSR count). The number of rotatable bonds is 8. The number of sulfonamides is 1. The fraction of sp³-hybridized carbons (Fsp3) is 0.591. The van der Waals surface area contributed by atoms with Gasteiger partial charge in [0.15, 0.2) is 5.16 Å². The van der Waals surface area contributed by atoms with Gasteiger partial charge in [-0.25, -0.2) is 13.4 Å². The molecule has 0 spiro atoms. The van der Waals surface area contributed by atoms with E-state index in [1.54, 1.807) is 27.4 Å². The first kappa shape index (κ1) is 24.0. The van der Waals surface area contributed by atoms with Crippen LogP contribution in [0, 0.1) is 0 Å². The zero-order valence-corrected chi connectivity index (χ0v) is 20.6. The van der Waals surface area contributed by atoms with E-state index < -0.39 is 10.0 Å². The van der Waals surface area contributed by atoms with Crippen LogP contribution in [0.5, 0.6) is 0 Å². The molecule has 2 aliphatic heterocycles. The molecule has 180 valence electrons. The highest BCUT2D eigenvalue weighted by atomic mass is 32.2. The van der Waals surface area contributed by atoms with Gasteiger partial charge >= 0.3 is 0 Å². The van der Waals surface area contributed by atoms with Crippen molar-refractivity contribution in [3.05, 3.63) is 18.2 Å². The maximum atomic E-state index is 13.0. The van der Waals surface area contributed by atoms with Gasteiger partial charge in [-0.15, -0.1) is 0 Å². The van der Waals surface area contributed by atoms with Crippen LogP contribution in [-0.4, -0.2) is 77.5 Å². The summed E-state index contributed by atoms with van der Waals surface area (Å²) in [5, 5.41) is 3.35. The third kappa shape index (κ3) is 5.36. The van der Waals surface area contributed by atoms with Crippen molar-refractivity contribution in [2.24, 2.45) is 0 Å². The molecule has 2 amide bonds. The van der Waals surface area contributed by atoms with Crippen LogP contribution in [0.3, 0.4) is 0 Å². The highest BCUT2D eigenvalue weighted by molar-refractivity contribution is 7.99. The fourth-order valence-corrected chi connectivity index (χ4v) is 6.80. The number of nitrogens with one attached hydrogen (secondary N) is 1. The molecule has 0 atom stereocenters. The van der Waals surface area contributed by atoms with Gasteiger partial charge in [-0.1, -0.05) is 18.2 Å². The second-order valence-electron chi connectivity index (χ2n) is 8.41. The molecular formula is C22H31N5O4S2. The van der Waals surface area contributed by atoms with Crippen molar-refractivity contribution in [2.75, 3.05) is 38.5 Å². The first-order chi connectivity index (χ1) is 15.9. The molecule has 0 aliphatic carbocycles. The van der Waals surface area contributed by atoms with Crippen molar-refractivity contribution in [2.45, 2.75) is 55.6 Å². The van der Waals surface area contributed by atoms with Crippen LogP contribution < -0.4 is 5.32 Å². The first-order valence-electron chi connectivity index (χ1n) is 11.6. The molecule has 1 aromatic heterocycles. The Kier molecular flexibility index (Phi) is 7.60. The number of aromatic nitrogens is 2. The molecule has 33 heavy (non-hydrogen) atoms. The van der Waals surface area contributed by atoms with E-state index in [-0.39, 0.29) is 29.0 Å². The number of benzene rings is 1. The molecule has 3 heterocycles. The van der Waals surface area contributed by atoms with Gasteiger partial charge < -0.3 is 14.8 Å². The molecule has 2 saturated heterocycles. The summed E-state index contributed by atoms with van der Waals surface area (Å²) in [5.74, 6) is -0.139. The lowest BCUT2D eigenvalue weighted by atomic mass is 10.2. The minimum absolute atomic E-state index is 0.0152. The number of carbonyl (C=O) groups is 2. The number of likely N-dealkylation sites (tertiary alicyclic amines) is 1. The van der Waals surface area contributed by atoms with Gasteiger partial charge in [0.2, 0.25) is 21.8 Å². The molecule has 0 unspecified atom stereocenters. The normalized spacial score (nSPS) is 17.5. The summed E-state index contributed by atoms with van der Waals surface area (Å²) in [5.41, 5.74) is 1.43. The van der Waals surface area contributed by atoms with Gasteiger partial charge in [0, 0.05) is 32.7 Å². The summed E-state index contributed by atoms with van der Waals surface area (Å²) in [7, 11) is -3.53. The summed E-state index contributed by atoms with van der Waals surface area (Å²) in [6.45, 7) is 5.28. The van der Waals surface area contributed by atoms with Crippen molar-refractivity contribution >= 4 is 44.6 Å². The lowest BCUT2D eigenvalue weighted by Gasteiger charge is -2.25. The zero-order chi connectivity index (χ0) is 23.4. The topological polar surface area (TPSA) is 105 Å². The second-order valence-corrected chi connectivity index (χ2v) is 11.3. The first-order valence-corrected chi connectivity index (χ1v) is 14.0. The Morgan fingerprint density at radius 1 is 1.06 bits per heavy atom. The summed E-state index contributed by atoms with van der Waals surface area (Å²) >= 11 is 1.29. The van der Waals surface area contributed by atoms with Crippen molar-refractivity contribution in [3.8, 4) is 0 Å². The molecular weight excluding hydrogens is 462 g/mol. The van der Waals surface area contributed by atoms with Crippen molar-refractivity contribution in [1.29, 1.82) is 0 Å². The fourth-order valence-electron chi connectivity index (χ4n) is 4.35. The van der Waals surface area contributed by atoms with Crippen molar-refractivity contribution < 1.29 is 18.0 Å². The Bertz CT molecular complexity index is 1120. The van der Waals surface area contributed by atoms with Crippen LogP contribution in [0.2, 0.25) is 0 Å². The summed E-state index contributed by atoms with van der Waals surface area (Å²) in [6, 6.07) is 5.07. The predicted octanol–water partition coefficient (Wildman–Crippen LogP) is 2.06. The van der Waals surface area contributed by atoms with E-state index in [1.807, 2.05) is 11.5 Å². The third-order valence-corrected chi connectivity index (χ3v) is 9.05. The van der Waals surface area contributed by atoms with Gasteiger partial charge in [-0.05, 0) is 50.8 Å². The van der Waals surface area contributed by atoms with Gasteiger partial charge in [0.25, 0.3) is 0 Å². The number of thioether (sulfide) groups is 1. The zero-order valence-electron chi connectivity index (χ0n) is 19.0. The highest BCUT2D eigenvalue weighted by Gasteiger charge is 2.27. The van der Waals surface area contributed by atoms with Crippen LogP contribution in [0.1, 0.15) is 39.0 Å². The quantitative estimate of drug-likeness (QED) is 0.565. The predicted molar refractivity (Wildman–Crippen MR) is 128 cm³/mol. The Hall–Kier alpha value is -2.11. The van der Waals surface area contributed by atoms with Crippen LogP contribution in [0.15, 0.2) is 28.3 Å². The van der Waals surface area contributed by atoms with Crippen molar-refractivity contribution in [3.63, 3.8) is 0 Å². The summed E-state index contributed by atoms with van der Waals surface area (Å²) < 4.78 is 29.6. The number of aryl methyl sites for hydroxylation is 1. The van der Waals surface area contributed by atoms with Gasteiger partial charge in [0.1, 0.15) is 0 Å². The van der Waals surface area contributed by atoms with E-state index in [0.717, 1.165) is 50.7 Å². The molecule has 0 radical (unpaired) electrons. The smallest absolute Gasteiger partial charge is 0.243 e. The van der Waals surface area contributed by atoms with E-state index in [0.29, 0.717) is 30.3 Å². The number of nitrogens with zero attached hydrogens (tertiary/aromatic N) is 4. The lowest BCUT2D eigenvalue weighted by molar-refractivity contribution is -0.131. The minimum atomic E-state index is -3.53. The number of carbonyl (C=O) groups excluding carboxylic acids is 2. The van der Waals surface area contributed by atoms with Crippen LogP contribution in [-0.2, 0) is 26.2 Å². The van der Waals surface area contributed by atoms with Crippen LogP contribution in [0.25, 0.3) is 11.0 Å². The highest BCUT2D eigenvalue weighted by Crippen LogP contribution is 2.28. The largest absolute Gasteiger partial charge is 0.346 e.